The van der Waals surface area contributed by atoms with E-state index in [-0.39, 0.29) is 11.9 Å². The Bertz CT molecular complexity index is 706. The third-order valence-electron chi connectivity index (χ3n) is 5.39. The van der Waals surface area contributed by atoms with Crippen LogP contribution in [0.3, 0.4) is 0 Å². The maximum absolute atomic E-state index is 12.7. The zero-order chi connectivity index (χ0) is 18.6. The molecule has 0 aliphatic carbocycles. The molecule has 2 saturated heterocycles. The second-order valence-electron chi connectivity index (χ2n) is 7.25. The van der Waals surface area contributed by atoms with Crippen molar-refractivity contribution < 1.29 is 13.2 Å². The summed E-state index contributed by atoms with van der Waals surface area (Å²) in [6.07, 6.45) is 6.44. The lowest BCUT2D eigenvalue weighted by Crippen LogP contribution is -2.44. The van der Waals surface area contributed by atoms with Gasteiger partial charge in [0, 0.05) is 18.8 Å². The molecule has 7 heteroatoms. The zero-order valence-electron chi connectivity index (χ0n) is 15.5. The molecule has 1 atom stereocenters. The van der Waals surface area contributed by atoms with Gasteiger partial charge in [-0.05, 0) is 70.0 Å². The monoisotopic (exact) mass is 379 g/mol. The van der Waals surface area contributed by atoms with Crippen molar-refractivity contribution in [1.82, 2.24) is 9.21 Å². The van der Waals surface area contributed by atoms with E-state index in [9.17, 15) is 13.2 Å². The minimum atomic E-state index is -3.43. The minimum absolute atomic E-state index is 0.0430. The van der Waals surface area contributed by atoms with Crippen LogP contribution in [0.1, 0.15) is 45.4 Å². The number of hydrogen-bond acceptors (Lipinski definition) is 4. The average molecular weight is 380 g/mol. The molecule has 0 spiro atoms. The van der Waals surface area contributed by atoms with E-state index in [0.29, 0.717) is 23.7 Å². The highest BCUT2D eigenvalue weighted by Crippen LogP contribution is 2.22. The summed E-state index contributed by atoms with van der Waals surface area (Å²) >= 11 is 0. The molecule has 2 heterocycles. The summed E-state index contributed by atoms with van der Waals surface area (Å²) in [5.74, 6) is -0.0430. The Morgan fingerprint density at radius 1 is 0.923 bits per heavy atom. The Kier molecular flexibility index (Phi) is 6.32. The van der Waals surface area contributed by atoms with Gasteiger partial charge < -0.3 is 5.32 Å². The van der Waals surface area contributed by atoms with Crippen molar-refractivity contribution in [2.75, 3.05) is 31.5 Å². The molecule has 2 aliphatic heterocycles. The van der Waals surface area contributed by atoms with E-state index in [1.54, 1.807) is 28.6 Å². The normalized spacial score (nSPS) is 21.3. The fourth-order valence-electron chi connectivity index (χ4n) is 3.68. The molecular formula is C19H29N3O3S. The Morgan fingerprint density at radius 2 is 1.46 bits per heavy atom. The molecule has 3 rings (SSSR count). The lowest BCUT2D eigenvalue weighted by Gasteiger charge is -2.31. The fourth-order valence-corrected chi connectivity index (χ4v) is 5.20. The maximum atomic E-state index is 12.7. The number of amides is 1. The highest BCUT2D eigenvalue weighted by molar-refractivity contribution is 7.89. The Hall–Kier alpha value is -1.44. The quantitative estimate of drug-likeness (QED) is 0.854. The smallest absolute Gasteiger partial charge is 0.243 e. The number of benzene rings is 1. The summed E-state index contributed by atoms with van der Waals surface area (Å²) in [5, 5.41) is 2.91. The molecule has 0 saturated carbocycles. The predicted octanol–water partition coefficient (Wildman–Crippen LogP) is 2.67. The van der Waals surface area contributed by atoms with Gasteiger partial charge in [-0.1, -0.05) is 12.8 Å². The van der Waals surface area contributed by atoms with Crippen LogP contribution in [0.4, 0.5) is 5.69 Å². The van der Waals surface area contributed by atoms with Gasteiger partial charge in [0.25, 0.3) is 0 Å². The lowest BCUT2D eigenvalue weighted by molar-refractivity contribution is -0.121. The zero-order valence-corrected chi connectivity index (χ0v) is 16.3. The number of nitrogens with zero attached hydrogens (tertiary/aromatic N) is 2. The second kappa shape index (κ2) is 8.50. The molecule has 2 fully saturated rings. The van der Waals surface area contributed by atoms with Crippen molar-refractivity contribution in [2.45, 2.75) is 56.4 Å². The summed E-state index contributed by atoms with van der Waals surface area (Å²) in [6.45, 7) is 5.03. The summed E-state index contributed by atoms with van der Waals surface area (Å²) < 4.78 is 26.9. The van der Waals surface area contributed by atoms with E-state index in [1.165, 1.54) is 6.42 Å². The largest absolute Gasteiger partial charge is 0.325 e. The van der Waals surface area contributed by atoms with Crippen LogP contribution in [-0.4, -0.2) is 55.8 Å². The topological polar surface area (TPSA) is 69.7 Å². The first-order valence-corrected chi connectivity index (χ1v) is 11.1. The van der Waals surface area contributed by atoms with E-state index >= 15 is 0 Å². The van der Waals surface area contributed by atoms with E-state index in [2.05, 4.69) is 10.2 Å². The molecular weight excluding hydrogens is 350 g/mol. The van der Waals surface area contributed by atoms with Gasteiger partial charge in [-0.15, -0.1) is 0 Å². The van der Waals surface area contributed by atoms with Gasteiger partial charge in [-0.2, -0.15) is 4.31 Å². The van der Waals surface area contributed by atoms with Gasteiger partial charge in [-0.25, -0.2) is 8.42 Å². The molecule has 1 unspecified atom stereocenters. The van der Waals surface area contributed by atoms with Crippen molar-refractivity contribution >= 4 is 21.6 Å². The van der Waals surface area contributed by atoms with Crippen molar-refractivity contribution in [3.63, 3.8) is 0 Å². The first kappa shape index (κ1) is 19.3. The minimum Gasteiger partial charge on any atom is -0.325 e. The van der Waals surface area contributed by atoms with E-state index in [4.69, 9.17) is 0 Å². The summed E-state index contributed by atoms with van der Waals surface area (Å²) in [4.78, 5) is 15.0. The SMILES string of the molecule is CC(C(=O)Nc1ccc(S(=O)(=O)N2CCCCC2)cc1)N1CCCCC1. The molecule has 1 aromatic rings. The van der Waals surface area contributed by atoms with Crippen LogP contribution >= 0.6 is 0 Å². The molecule has 1 amide bonds. The number of likely N-dealkylation sites (tertiary alicyclic amines) is 1. The second-order valence-corrected chi connectivity index (χ2v) is 9.19. The molecule has 0 aromatic heterocycles. The van der Waals surface area contributed by atoms with Crippen molar-refractivity contribution in [2.24, 2.45) is 0 Å². The number of carbonyl (C=O) groups is 1. The predicted molar refractivity (Wildman–Crippen MR) is 103 cm³/mol. The maximum Gasteiger partial charge on any atom is 0.243 e. The van der Waals surface area contributed by atoms with Gasteiger partial charge in [0.1, 0.15) is 0 Å². The van der Waals surface area contributed by atoms with Crippen LogP contribution in [-0.2, 0) is 14.8 Å². The Balaban J connectivity index is 1.62. The molecule has 1 N–H and O–H groups in total. The number of hydrogen-bond donors (Lipinski definition) is 1. The van der Waals surface area contributed by atoms with Crippen LogP contribution in [0.15, 0.2) is 29.2 Å². The van der Waals surface area contributed by atoms with Gasteiger partial charge >= 0.3 is 0 Å². The number of nitrogens with one attached hydrogen (secondary N) is 1. The van der Waals surface area contributed by atoms with Crippen LogP contribution in [0, 0.1) is 0 Å². The Labute approximate surface area is 156 Å². The first-order valence-electron chi connectivity index (χ1n) is 9.63. The van der Waals surface area contributed by atoms with E-state index in [1.807, 2.05) is 6.92 Å². The molecule has 6 nitrogen and oxygen atoms in total. The fraction of sp³-hybridized carbons (Fsp3) is 0.632. The average Bonchev–Trinajstić information content (AvgIpc) is 2.69. The third kappa shape index (κ3) is 4.45. The van der Waals surface area contributed by atoms with Crippen molar-refractivity contribution in [3.8, 4) is 0 Å². The van der Waals surface area contributed by atoms with Crippen molar-refractivity contribution in [3.05, 3.63) is 24.3 Å². The van der Waals surface area contributed by atoms with Gasteiger partial charge in [-0.3, -0.25) is 9.69 Å². The summed E-state index contributed by atoms with van der Waals surface area (Å²) in [7, 11) is -3.43. The van der Waals surface area contributed by atoms with Gasteiger partial charge in [0.15, 0.2) is 0 Å². The molecule has 26 heavy (non-hydrogen) atoms. The number of piperidine rings is 2. The van der Waals surface area contributed by atoms with Crippen LogP contribution in [0.5, 0.6) is 0 Å². The highest BCUT2D eigenvalue weighted by Gasteiger charge is 2.26. The molecule has 2 aliphatic rings. The molecule has 1 aromatic carbocycles. The van der Waals surface area contributed by atoms with E-state index < -0.39 is 10.0 Å². The molecule has 144 valence electrons. The van der Waals surface area contributed by atoms with Gasteiger partial charge in [0.05, 0.1) is 10.9 Å². The van der Waals surface area contributed by atoms with Crippen LogP contribution in [0.25, 0.3) is 0 Å². The number of anilines is 1. The van der Waals surface area contributed by atoms with Gasteiger partial charge in [0.2, 0.25) is 15.9 Å². The summed E-state index contributed by atoms with van der Waals surface area (Å²) in [5.41, 5.74) is 0.636. The number of sulfonamides is 1. The first-order chi connectivity index (χ1) is 12.5. The number of rotatable bonds is 5. The molecule has 0 radical (unpaired) electrons. The lowest BCUT2D eigenvalue weighted by atomic mass is 10.1. The standard InChI is InChI=1S/C19H29N3O3S/c1-16(21-12-4-2-5-13-21)19(23)20-17-8-10-18(11-9-17)26(24,25)22-14-6-3-7-15-22/h8-11,16H,2-7,12-15H2,1H3,(H,20,23). The van der Waals surface area contributed by atoms with Crippen LogP contribution < -0.4 is 5.32 Å². The summed E-state index contributed by atoms with van der Waals surface area (Å²) in [6, 6.07) is 6.36. The highest BCUT2D eigenvalue weighted by atomic mass is 32.2. The van der Waals surface area contributed by atoms with Crippen LogP contribution in [0.2, 0.25) is 0 Å². The van der Waals surface area contributed by atoms with Crippen molar-refractivity contribution in [1.29, 1.82) is 0 Å². The third-order valence-corrected chi connectivity index (χ3v) is 7.31. The van der Waals surface area contributed by atoms with E-state index in [0.717, 1.165) is 45.2 Å². The number of carbonyl (C=O) groups excluding carboxylic acids is 1. The Morgan fingerprint density at radius 3 is 2.04 bits per heavy atom. The molecule has 0 bridgehead atoms.